The molecule has 0 aliphatic carbocycles. The van der Waals surface area contributed by atoms with E-state index in [0.717, 1.165) is 20.7 Å². The van der Waals surface area contributed by atoms with E-state index in [2.05, 4.69) is 20.2 Å². The van der Waals surface area contributed by atoms with Gasteiger partial charge < -0.3 is 9.73 Å². The minimum absolute atomic E-state index is 0.122. The Balaban J connectivity index is 1.65. The summed E-state index contributed by atoms with van der Waals surface area (Å²) in [6.07, 6.45) is 4.99. The van der Waals surface area contributed by atoms with Crippen LogP contribution in [0.4, 0.5) is 0 Å². The smallest absolute Gasteiger partial charge is 0.270 e. The van der Waals surface area contributed by atoms with Crippen molar-refractivity contribution in [1.82, 2.24) is 15.3 Å². The number of carbonyl (C=O) groups is 1. The van der Waals surface area contributed by atoms with Crippen LogP contribution in [0, 0.1) is 0 Å². The number of amides is 1. The molecule has 136 valence electrons. The fraction of sp³-hybridized carbons (Fsp3) is 0.105. The SMILES string of the molecule is O=C(NCc1ccco1)c1ccc2cncc(-c3ccc(COO)s3)c2n1. The molecule has 0 spiro atoms. The van der Waals surface area contributed by atoms with Crippen molar-refractivity contribution >= 4 is 28.1 Å². The van der Waals surface area contributed by atoms with E-state index < -0.39 is 0 Å². The number of hydrogen-bond donors (Lipinski definition) is 2. The first-order chi connectivity index (χ1) is 13.2. The summed E-state index contributed by atoms with van der Waals surface area (Å²) in [5.41, 5.74) is 1.83. The second-order valence-corrected chi connectivity index (χ2v) is 6.93. The minimum Gasteiger partial charge on any atom is -0.467 e. The third kappa shape index (κ3) is 3.72. The highest BCUT2D eigenvalue weighted by molar-refractivity contribution is 7.15. The highest BCUT2D eigenvalue weighted by atomic mass is 32.1. The number of thiophene rings is 1. The molecule has 4 rings (SSSR count). The summed E-state index contributed by atoms with van der Waals surface area (Å²) in [6.45, 7) is 0.418. The molecule has 0 radical (unpaired) electrons. The molecular weight excluding hydrogens is 366 g/mol. The predicted molar refractivity (Wildman–Crippen MR) is 100 cm³/mol. The summed E-state index contributed by atoms with van der Waals surface area (Å²) in [7, 11) is 0. The summed E-state index contributed by atoms with van der Waals surface area (Å²) in [6, 6.07) is 10.8. The molecule has 0 aliphatic rings. The van der Waals surface area contributed by atoms with Crippen molar-refractivity contribution < 1.29 is 19.4 Å². The van der Waals surface area contributed by atoms with Gasteiger partial charge in [0.25, 0.3) is 5.91 Å². The van der Waals surface area contributed by atoms with Crippen LogP contribution >= 0.6 is 11.3 Å². The molecule has 4 aromatic heterocycles. The number of rotatable bonds is 6. The van der Waals surface area contributed by atoms with E-state index in [1.165, 1.54) is 11.3 Å². The van der Waals surface area contributed by atoms with Crippen LogP contribution in [0.25, 0.3) is 21.3 Å². The molecule has 0 fully saturated rings. The van der Waals surface area contributed by atoms with E-state index in [4.69, 9.17) is 9.67 Å². The topological polar surface area (TPSA) is 97.5 Å². The van der Waals surface area contributed by atoms with Gasteiger partial charge in [0.2, 0.25) is 0 Å². The van der Waals surface area contributed by atoms with Gasteiger partial charge in [-0.3, -0.25) is 15.0 Å². The Morgan fingerprint density at radius 3 is 2.96 bits per heavy atom. The quantitative estimate of drug-likeness (QED) is 0.389. The maximum Gasteiger partial charge on any atom is 0.270 e. The lowest BCUT2D eigenvalue weighted by molar-refractivity contribution is -0.252. The van der Waals surface area contributed by atoms with E-state index in [0.29, 0.717) is 23.5 Å². The molecule has 4 heterocycles. The fourth-order valence-corrected chi connectivity index (χ4v) is 3.61. The second kappa shape index (κ2) is 7.67. The van der Waals surface area contributed by atoms with Crippen LogP contribution in [0.5, 0.6) is 0 Å². The highest BCUT2D eigenvalue weighted by Crippen LogP contribution is 2.32. The first kappa shape index (κ1) is 17.3. The largest absolute Gasteiger partial charge is 0.467 e. The molecule has 7 nitrogen and oxygen atoms in total. The van der Waals surface area contributed by atoms with Crippen molar-refractivity contribution in [2.75, 3.05) is 0 Å². The van der Waals surface area contributed by atoms with E-state index in [9.17, 15) is 4.79 Å². The van der Waals surface area contributed by atoms with Crippen molar-refractivity contribution in [2.45, 2.75) is 13.2 Å². The Morgan fingerprint density at radius 1 is 1.22 bits per heavy atom. The third-order valence-electron chi connectivity index (χ3n) is 3.97. The van der Waals surface area contributed by atoms with Gasteiger partial charge in [-0.1, -0.05) is 0 Å². The van der Waals surface area contributed by atoms with Gasteiger partial charge in [0.15, 0.2) is 0 Å². The van der Waals surface area contributed by atoms with Gasteiger partial charge in [-0.25, -0.2) is 9.87 Å². The molecule has 2 N–H and O–H groups in total. The van der Waals surface area contributed by atoms with E-state index in [-0.39, 0.29) is 12.5 Å². The summed E-state index contributed by atoms with van der Waals surface area (Å²) in [5.74, 6) is 0.392. The lowest BCUT2D eigenvalue weighted by Gasteiger charge is -2.07. The Morgan fingerprint density at radius 2 is 2.15 bits per heavy atom. The van der Waals surface area contributed by atoms with Crippen LogP contribution in [0.3, 0.4) is 0 Å². The fourth-order valence-electron chi connectivity index (χ4n) is 2.68. The van der Waals surface area contributed by atoms with E-state index >= 15 is 0 Å². The van der Waals surface area contributed by atoms with Crippen LogP contribution in [-0.4, -0.2) is 21.1 Å². The second-order valence-electron chi connectivity index (χ2n) is 5.76. The predicted octanol–water partition coefficient (Wildman–Crippen LogP) is 3.87. The van der Waals surface area contributed by atoms with Crippen LogP contribution < -0.4 is 5.32 Å². The van der Waals surface area contributed by atoms with Gasteiger partial charge in [0.1, 0.15) is 18.1 Å². The number of hydrogen-bond acceptors (Lipinski definition) is 7. The van der Waals surface area contributed by atoms with Gasteiger partial charge in [0, 0.05) is 33.1 Å². The van der Waals surface area contributed by atoms with E-state index in [1.54, 1.807) is 36.9 Å². The Hall–Kier alpha value is -3.07. The first-order valence-corrected chi connectivity index (χ1v) is 8.97. The molecule has 4 aromatic rings. The monoisotopic (exact) mass is 381 g/mol. The number of nitrogens with zero attached hydrogens (tertiary/aromatic N) is 2. The van der Waals surface area contributed by atoms with Gasteiger partial charge >= 0.3 is 0 Å². The first-order valence-electron chi connectivity index (χ1n) is 8.15. The summed E-state index contributed by atoms with van der Waals surface area (Å²) in [5, 5.41) is 12.2. The standard InChI is InChI=1S/C19H15N3O4S/c23-19(21-9-13-2-1-7-25-13)16-5-3-12-8-20-10-15(18(12)22-16)17-6-4-14(27-17)11-26-24/h1-8,10,24H,9,11H2,(H,21,23). The number of nitrogens with one attached hydrogen (secondary N) is 1. The molecule has 8 heteroatoms. The van der Waals surface area contributed by atoms with Crippen LogP contribution in [-0.2, 0) is 18.0 Å². The number of carbonyl (C=O) groups excluding carboxylic acids is 1. The van der Waals surface area contributed by atoms with Crippen LogP contribution in [0.2, 0.25) is 0 Å². The summed E-state index contributed by atoms with van der Waals surface area (Å²) in [4.78, 5) is 27.3. The Bertz CT molecular complexity index is 1080. The summed E-state index contributed by atoms with van der Waals surface area (Å²) >= 11 is 1.47. The van der Waals surface area contributed by atoms with Gasteiger partial charge in [-0.05, 0) is 36.4 Å². The zero-order valence-corrected chi connectivity index (χ0v) is 14.9. The molecule has 1 amide bonds. The lowest BCUT2D eigenvalue weighted by Crippen LogP contribution is -2.23. The van der Waals surface area contributed by atoms with Crippen molar-refractivity contribution in [1.29, 1.82) is 0 Å². The molecule has 0 bridgehead atoms. The van der Waals surface area contributed by atoms with Crippen LogP contribution in [0.15, 0.2) is 59.5 Å². The third-order valence-corrected chi connectivity index (χ3v) is 5.06. The average molecular weight is 381 g/mol. The number of fused-ring (bicyclic) bond motifs is 1. The van der Waals surface area contributed by atoms with Gasteiger partial charge in [-0.2, -0.15) is 0 Å². The summed E-state index contributed by atoms with van der Waals surface area (Å²) < 4.78 is 5.22. The maximum absolute atomic E-state index is 12.4. The normalized spacial score (nSPS) is 11.0. The van der Waals surface area contributed by atoms with Crippen molar-refractivity contribution in [3.63, 3.8) is 0 Å². The van der Waals surface area contributed by atoms with Crippen molar-refractivity contribution in [3.8, 4) is 10.4 Å². The molecule has 0 aromatic carbocycles. The lowest BCUT2D eigenvalue weighted by atomic mass is 10.1. The van der Waals surface area contributed by atoms with Crippen molar-refractivity contribution in [3.05, 3.63) is 71.4 Å². The van der Waals surface area contributed by atoms with E-state index in [1.807, 2.05) is 18.2 Å². The minimum atomic E-state index is -0.281. The van der Waals surface area contributed by atoms with Crippen LogP contribution in [0.1, 0.15) is 21.1 Å². The molecule has 0 saturated heterocycles. The molecule has 0 atom stereocenters. The maximum atomic E-state index is 12.4. The zero-order chi connectivity index (χ0) is 18.6. The Labute approximate surface area is 158 Å². The molecule has 0 aliphatic heterocycles. The molecular formula is C19H15N3O4S. The number of furan rings is 1. The number of aromatic nitrogens is 2. The average Bonchev–Trinajstić information content (AvgIpc) is 3.37. The van der Waals surface area contributed by atoms with Gasteiger partial charge in [0.05, 0.1) is 18.3 Å². The van der Waals surface area contributed by atoms with Crippen molar-refractivity contribution in [2.24, 2.45) is 0 Å². The zero-order valence-electron chi connectivity index (χ0n) is 14.1. The highest BCUT2D eigenvalue weighted by Gasteiger charge is 2.13. The Kier molecular flexibility index (Phi) is 4.93. The molecule has 0 unspecified atom stereocenters. The number of pyridine rings is 2. The molecule has 0 saturated carbocycles. The van der Waals surface area contributed by atoms with Gasteiger partial charge in [-0.15, -0.1) is 11.3 Å². The molecule has 27 heavy (non-hydrogen) atoms.